The van der Waals surface area contributed by atoms with Crippen LogP contribution in [0, 0.1) is 5.92 Å². The Balaban J connectivity index is 2.02. The fourth-order valence-corrected chi connectivity index (χ4v) is 3.12. The third-order valence-corrected chi connectivity index (χ3v) is 4.28. The van der Waals surface area contributed by atoms with Crippen molar-refractivity contribution in [3.63, 3.8) is 0 Å². The van der Waals surface area contributed by atoms with Crippen LogP contribution in [0.1, 0.15) is 23.8 Å². The molecule has 96 valence electrons. The zero-order valence-corrected chi connectivity index (χ0v) is 10.4. The Labute approximate surface area is 105 Å². The van der Waals surface area contributed by atoms with Crippen LogP contribution in [0.3, 0.4) is 0 Å². The summed E-state index contributed by atoms with van der Waals surface area (Å²) in [5, 5.41) is 32.9. The molecule has 1 atom stereocenters. The van der Waals surface area contributed by atoms with E-state index in [1.165, 1.54) is 4.88 Å². The Kier molecular flexibility index (Phi) is 4.53. The van der Waals surface area contributed by atoms with E-state index >= 15 is 0 Å². The quantitative estimate of drug-likeness (QED) is 0.599. The van der Waals surface area contributed by atoms with Crippen molar-refractivity contribution in [1.82, 2.24) is 5.32 Å². The number of nitrogens with one attached hydrogen (secondary N) is 1. The van der Waals surface area contributed by atoms with Crippen molar-refractivity contribution in [3.8, 4) is 0 Å². The second-order valence-corrected chi connectivity index (χ2v) is 5.59. The van der Waals surface area contributed by atoms with Crippen molar-refractivity contribution in [2.75, 3.05) is 13.2 Å². The van der Waals surface area contributed by atoms with E-state index in [4.69, 9.17) is 10.2 Å². The first kappa shape index (κ1) is 13.0. The van der Waals surface area contributed by atoms with Gasteiger partial charge in [0.2, 0.25) is 0 Å². The topological polar surface area (TPSA) is 72.7 Å². The minimum Gasteiger partial charge on any atom is -0.395 e. The summed E-state index contributed by atoms with van der Waals surface area (Å²) < 4.78 is 0. The molecule has 0 saturated heterocycles. The first-order valence-corrected chi connectivity index (χ1v) is 6.81. The third kappa shape index (κ3) is 3.05. The van der Waals surface area contributed by atoms with Gasteiger partial charge in [0.1, 0.15) is 0 Å². The first-order chi connectivity index (χ1) is 8.24. The Morgan fingerprint density at radius 3 is 2.53 bits per heavy atom. The van der Waals surface area contributed by atoms with Crippen LogP contribution in [0.4, 0.5) is 0 Å². The molecule has 2 rings (SSSR count). The van der Waals surface area contributed by atoms with Gasteiger partial charge in [-0.15, -0.1) is 11.3 Å². The Bertz CT molecular complexity index is 321. The summed E-state index contributed by atoms with van der Waals surface area (Å²) >= 11 is 1.67. The van der Waals surface area contributed by atoms with Gasteiger partial charge in [0, 0.05) is 10.9 Å². The molecule has 5 heteroatoms. The normalized spacial score (nSPS) is 25.9. The zero-order chi connectivity index (χ0) is 12.3. The van der Waals surface area contributed by atoms with E-state index < -0.39 is 0 Å². The maximum Gasteiger partial charge on any atom is 0.0607 e. The minimum atomic E-state index is -0.292. The van der Waals surface area contributed by atoms with Gasteiger partial charge >= 0.3 is 0 Å². The standard InChI is InChI=1S/C12H19NO3S/c14-6-9(7-15)13-12(8-4-10(16)5-8)11-2-1-3-17-11/h1-3,8-10,12-16H,4-7H2/t8?,10?,12-/m0/s1. The van der Waals surface area contributed by atoms with Crippen LogP contribution in [-0.4, -0.2) is 40.7 Å². The largest absolute Gasteiger partial charge is 0.395 e. The molecule has 4 N–H and O–H groups in total. The third-order valence-electron chi connectivity index (χ3n) is 3.33. The van der Waals surface area contributed by atoms with E-state index in [0.717, 1.165) is 12.8 Å². The fraction of sp³-hybridized carbons (Fsp3) is 0.667. The molecule has 1 aromatic heterocycles. The van der Waals surface area contributed by atoms with Crippen molar-refractivity contribution in [3.05, 3.63) is 22.4 Å². The molecule has 4 nitrogen and oxygen atoms in total. The number of hydrogen-bond donors (Lipinski definition) is 4. The van der Waals surface area contributed by atoms with Crippen LogP contribution in [0.15, 0.2) is 17.5 Å². The second-order valence-electron chi connectivity index (χ2n) is 4.61. The highest BCUT2D eigenvalue weighted by Crippen LogP contribution is 2.39. The average molecular weight is 257 g/mol. The predicted molar refractivity (Wildman–Crippen MR) is 66.9 cm³/mol. The molecule has 1 heterocycles. The van der Waals surface area contributed by atoms with Crippen LogP contribution < -0.4 is 5.32 Å². The molecule has 0 aliphatic heterocycles. The minimum absolute atomic E-state index is 0.0757. The molecular weight excluding hydrogens is 238 g/mol. The number of rotatable bonds is 6. The number of hydrogen-bond acceptors (Lipinski definition) is 5. The maximum atomic E-state index is 9.39. The van der Waals surface area contributed by atoms with Gasteiger partial charge in [0.05, 0.1) is 25.4 Å². The highest BCUT2D eigenvalue weighted by atomic mass is 32.1. The van der Waals surface area contributed by atoms with Crippen molar-refractivity contribution >= 4 is 11.3 Å². The average Bonchev–Trinajstić information content (AvgIpc) is 2.81. The highest BCUT2D eigenvalue weighted by molar-refractivity contribution is 7.10. The van der Waals surface area contributed by atoms with Gasteiger partial charge in [-0.25, -0.2) is 0 Å². The lowest BCUT2D eigenvalue weighted by molar-refractivity contribution is 0.0184. The lowest BCUT2D eigenvalue weighted by Gasteiger charge is -2.39. The molecule has 1 aliphatic rings. The van der Waals surface area contributed by atoms with E-state index in [1.807, 2.05) is 11.4 Å². The van der Waals surface area contributed by atoms with E-state index in [9.17, 15) is 5.11 Å². The van der Waals surface area contributed by atoms with E-state index in [0.29, 0.717) is 5.92 Å². The molecule has 0 amide bonds. The summed E-state index contributed by atoms with van der Waals surface area (Å²) in [5.41, 5.74) is 0. The molecule has 1 aromatic rings. The van der Waals surface area contributed by atoms with Gasteiger partial charge < -0.3 is 20.6 Å². The summed E-state index contributed by atoms with van der Waals surface area (Å²) in [7, 11) is 0. The lowest BCUT2D eigenvalue weighted by atomic mass is 9.76. The van der Waals surface area contributed by atoms with E-state index in [1.54, 1.807) is 11.3 Å². The highest BCUT2D eigenvalue weighted by Gasteiger charge is 2.35. The molecular formula is C12H19NO3S. The molecule has 0 spiro atoms. The molecule has 0 unspecified atom stereocenters. The Morgan fingerprint density at radius 1 is 1.35 bits per heavy atom. The SMILES string of the molecule is OCC(CO)N[C@H](c1cccs1)C1CC(O)C1. The van der Waals surface area contributed by atoms with Crippen LogP contribution in [0.5, 0.6) is 0 Å². The summed E-state index contributed by atoms with van der Waals surface area (Å²) in [4.78, 5) is 1.20. The van der Waals surface area contributed by atoms with Crippen molar-refractivity contribution < 1.29 is 15.3 Å². The van der Waals surface area contributed by atoms with E-state index in [-0.39, 0.29) is 31.4 Å². The van der Waals surface area contributed by atoms with Crippen LogP contribution >= 0.6 is 11.3 Å². The smallest absolute Gasteiger partial charge is 0.0607 e. The van der Waals surface area contributed by atoms with Crippen LogP contribution in [0.25, 0.3) is 0 Å². The van der Waals surface area contributed by atoms with E-state index in [2.05, 4.69) is 11.4 Å². The van der Waals surface area contributed by atoms with Gasteiger partial charge in [0.15, 0.2) is 0 Å². The Morgan fingerprint density at radius 2 is 2.06 bits per heavy atom. The summed E-state index contributed by atoms with van der Waals surface area (Å²) in [5.74, 6) is 0.393. The first-order valence-electron chi connectivity index (χ1n) is 5.93. The molecule has 1 fully saturated rings. The van der Waals surface area contributed by atoms with Crippen LogP contribution in [0.2, 0.25) is 0 Å². The molecule has 1 aliphatic carbocycles. The van der Waals surface area contributed by atoms with Gasteiger partial charge in [-0.1, -0.05) is 6.07 Å². The summed E-state index contributed by atoms with van der Waals surface area (Å²) in [6.45, 7) is -0.151. The van der Waals surface area contributed by atoms with Crippen molar-refractivity contribution in [2.45, 2.75) is 31.0 Å². The number of thiophene rings is 1. The van der Waals surface area contributed by atoms with Crippen molar-refractivity contribution in [2.24, 2.45) is 5.92 Å². The molecule has 0 aromatic carbocycles. The second kappa shape index (κ2) is 5.93. The zero-order valence-electron chi connectivity index (χ0n) is 9.62. The van der Waals surface area contributed by atoms with Gasteiger partial charge in [-0.05, 0) is 30.2 Å². The molecule has 1 saturated carbocycles. The number of aliphatic hydroxyl groups excluding tert-OH is 3. The Hall–Kier alpha value is -0.460. The van der Waals surface area contributed by atoms with Crippen molar-refractivity contribution in [1.29, 1.82) is 0 Å². The van der Waals surface area contributed by atoms with Gasteiger partial charge in [-0.3, -0.25) is 0 Å². The van der Waals surface area contributed by atoms with Crippen LogP contribution in [-0.2, 0) is 0 Å². The molecule has 0 radical (unpaired) electrons. The monoisotopic (exact) mass is 257 g/mol. The maximum absolute atomic E-state index is 9.39. The summed E-state index contributed by atoms with van der Waals surface area (Å²) in [6.07, 6.45) is 1.39. The molecule has 17 heavy (non-hydrogen) atoms. The molecule has 0 bridgehead atoms. The predicted octanol–water partition coefficient (Wildman–Crippen LogP) is 0.503. The number of aliphatic hydroxyl groups is 3. The van der Waals surface area contributed by atoms with Gasteiger partial charge in [-0.2, -0.15) is 0 Å². The summed E-state index contributed by atoms with van der Waals surface area (Å²) in [6, 6.07) is 3.89. The fourth-order valence-electron chi connectivity index (χ4n) is 2.24. The lowest BCUT2D eigenvalue weighted by Crippen LogP contribution is -2.45. The van der Waals surface area contributed by atoms with Gasteiger partial charge in [0.25, 0.3) is 0 Å².